The van der Waals surface area contributed by atoms with Gasteiger partial charge in [0.05, 0.1) is 15.4 Å². The molecule has 0 aliphatic carbocycles. The maximum Gasteiger partial charge on any atom is 0.335 e. The third-order valence-electron chi connectivity index (χ3n) is 2.27. The van der Waals surface area contributed by atoms with Gasteiger partial charge in [0.2, 0.25) is 0 Å². The predicted octanol–water partition coefficient (Wildman–Crippen LogP) is 1.57. The molecular formula is C10H8N4O4S. The highest BCUT2D eigenvalue weighted by atomic mass is 32.2. The van der Waals surface area contributed by atoms with E-state index in [-0.39, 0.29) is 11.3 Å². The van der Waals surface area contributed by atoms with Crippen molar-refractivity contribution in [3.05, 3.63) is 40.2 Å². The minimum Gasteiger partial charge on any atom is -0.478 e. The molecule has 0 radical (unpaired) electrons. The number of nitro benzene ring substituents is 1. The van der Waals surface area contributed by atoms with Gasteiger partial charge in [0, 0.05) is 13.1 Å². The SMILES string of the molecule is Cn1cnnc1Sc1ccc(C(=O)O)cc1[N+](=O)[O-]. The molecule has 0 fully saturated rings. The molecule has 1 heterocycles. The molecule has 19 heavy (non-hydrogen) atoms. The van der Waals surface area contributed by atoms with E-state index >= 15 is 0 Å². The summed E-state index contributed by atoms with van der Waals surface area (Å²) in [6, 6.07) is 3.73. The van der Waals surface area contributed by atoms with Gasteiger partial charge in [-0.15, -0.1) is 10.2 Å². The lowest BCUT2D eigenvalue weighted by molar-refractivity contribution is -0.387. The van der Waals surface area contributed by atoms with Crippen LogP contribution in [0.5, 0.6) is 0 Å². The molecule has 2 aromatic rings. The van der Waals surface area contributed by atoms with E-state index < -0.39 is 10.9 Å². The number of carboxylic acid groups (broad SMARTS) is 1. The van der Waals surface area contributed by atoms with E-state index in [0.717, 1.165) is 17.8 Å². The number of rotatable bonds is 4. The minimum absolute atomic E-state index is 0.131. The van der Waals surface area contributed by atoms with Crippen molar-refractivity contribution >= 4 is 23.4 Å². The highest BCUT2D eigenvalue weighted by molar-refractivity contribution is 7.99. The van der Waals surface area contributed by atoms with E-state index in [1.807, 2.05) is 0 Å². The van der Waals surface area contributed by atoms with Crippen LogP contribution in [0.2, 0.25) is 0 Å². The quantitative estimate of drug-likeness (QED) is 0.668. The number of nitrogens with zero attached hydrogens (tertiary/aromatic N) is 4. The first-order chi connectivity index (χ1) is 8.99. The standard InChI is InChI=1S/C10H8N4O4S/c1-13-5-11-12-10(13)19-8-3-2-6(9(15)16)4-7(8)14(17)18/h2-5H,1H3,(H,15,16). The van der Waals surface area contributed by atoms with Crippen LogP contribution in [0.1, 0.15) is 10.4 Å². The number of aryl methyl sites for hydroxylation is 1. The van der Waals surface area contributed by atoms with Gasteiger partial charge in [0.1, 0.15) is 6.33 Å². The highest BCUT2D eigenvalue weighted by Gasteiger charge is 2.19. The second kappa shape index (κ2) is 5.06. The van der Waals surface area contributed by atoms with Crippen LogP contribution in [0.3, 0.4) is 0 Å². The van der Waals surface area contributed by atoms with Gasteiger partial charge in [0.25, 0.3) is 5.69 Å². The van der Waals surface area contributed by atoms with Crippen molar-refractivity contribution < 1.29 is 14.8 Å². The van der Waals surface area contributed by atoms with E-state index in [9.17, 15) is 14.9 Å². The lowest BCUT2D eigenvalue weighted by Gasteiger charge is -2.03. The van der Waals surface area contributed by atoms with Crippen LogP contribution in [-0.4, -0.2) is 30.8 Å². The molecule has 8 nitrogen and oxygen atoms in total. The van der Waals surface area contributed by atoms with Gasteiger partial charge < -0.3 is 9.67 Å². The fourth-order valence-electron chi connectivity index (χ4n) is 1.34. The summed E-state index contributed by atoms with van der Waals surface area (Å²) >= 11 is 1.05. The molecular weight excluding hydrogens is 272 g/mol. The molecule has 98 valence electrons. The number of hydrogen-bond acceptors (Lipinski definition) is 6. The van der Waals surface area contributed by atoms with Gasteiger partial charge in [-0.3, -0.25) is 10.1 Å². The van der Waals surface area contributed by atoms with Crippen LogP contribution >= 0.6 is 11.8 Å². The predicted molar refractivity (Wildman–Crippen MR) is 65.2 cm³/mol. The largest absolute Gasteiger partial charge is 0.478 e. The van der Waals surface area contributed by atoms with Gasteiger partial charge in [-0.05, 0) is 23.9 Å². The van der Waals surface area contributed by atoms with E-state index in [0.29, 0.717) is 10.1 Å². The van der Waals surface area contributed by atoms with Crippen LogP contribution < -0.4 is 0 Å². The maximum absolute atomic E-state index is 11.0. The fraction of sp³-hybridized carbons (Fsp3) is 0.100. The number of hydrogen-bond donors (Lipinski definition) is 1. The Morgan fingerprint density at radius 2 is 2.26 bits per heavy atom. The summed E-state index contributed by atoms with van der Waals surface area (Å²) in [6.45, 7) is 0. The Kier molecular flexibility index (Phi) is 3.47. The first kappa shape index (κ1) is 13.0. The average Bonchev–Trinajstić information content (AvgIpc) is 2.75. The van der Waals surface area contributed by atoms with Crippen LogP contribution in [0, 0.1) is 10.1 Å². The first-order valence-corrected chi connectivity index (χ1v) is 5.84. The molecule has 0 aliphatic heterocycles. The van der Waals surface area contributed by atoms with Gasteiger partial charge in [-0.2, -0.15) is 0 Å². The molecule has 1 aromatic carbocycles. The van der Waals surface area contributed by atoms with Crippen molar-refractivity contribution in [2.45, 2.75) is 10.1 Å². The minimum atomic E-state index is -1.21. The monoisotopic (exact) mass is 280 g/mol. The Hall–Kier alpha value is -2.42. The van der Waals surface area contributed by atoms with E-state index in [1.54, 1.807) is 11.6 Å². The van der Waals surface area contributed by atoms with Crippen LogP contribution in [0.4, 0.5) is 5.69 Å². The van der Waals surface area contributed by atoms with Gasteiger partial charge in [0.15, 0.2) is 5.16 Å². The third-order valence-corrected chi connectivity index (χ3v) is 3.39. The van der Waals surface area contributed by atoms with Gasteiger partial charge in [-0.1, -0.05) is 0 Å². The van der Waals surface area contributed by atoms with Crippen molar-refractivity contribution in [3.63, 3.8) is 0 Å². The van der Waals surface area contributed by atoms with Crippen LogP contribution in [0.25, 0.3) is 0 Å². The molecule has 1 aromatic heterocycles. The zero-order chi connectivity index (χ0) is 14.0. The number of aromatic nitrogens is 3. The normalized spacial score (nSPS) is 10.4. The molecule has 0 aliphatic rings. The summed E-state index contributed by atoms with van der Waals surface area (Å²) in [5.41, 5.74) is -0.401. The van der Waals surface area contributed by atoms with Gasteiger partial charge in [-0.25, -0.2) is 4.79 Å². The molecule has 0 spiro atoms. The van der Waals surface area contributed by atoms with Crippen molar-refractivity contribution in [3.8, 4) is 0 Å². The van der Waals surface area contributed by atoms with Crippen LogP contribution in [0.15, 0.2) is 34.6 Å². The van der Waals surface area contributed by atoms with Crippen molar-refractivity contribution in [1.82, 2.24) is 14.8 Å². The number of aromatic carboxylic acids is 1. The summed E-state index contributed by atoms with van der Waals surface area (Å²) in [7, 11) is 1.71. The van der Waals surface area contributed by atoms with E-state index in [1.165, 1.54) is 18.5 Å². The van der Waals surface area contributed by atoms with E-state index in [4.69, 9.17) is 5.11 Å². The Balaban J connectivity index is 2.43. The topological polar surface area (TPSA) is 111 Å². The third kappa shape index (κ3) is 2.71. The highest BCUT2D eigenvalue weighted by Crippen LogP contribution is 2.34. The summed E-state index contributed by atoms with van der Waals surface area (Å²) < 4.78 is 1.61. The molecule has 0 unspecified atom stereocenters. The lowest BCUT2D eigenvalue weighted by Crippen LogP contribution is -1.99. The fourth-order valence-corrected chi connectivity index (χ4v) is 2.19. The number of carbonyl (C=O) groups is 1. The molecule has 0 saturated heterocycles. The molecule has 1 N–H and O–H groups in total. The number of carboxylic acids is 1. The van der Waals surface area contributed by atoms with Crippen molar-refractivity contribution in [2.75, 3.05) is 0 Å². The summed E-state index contributed by atoms with van der Waals surface area (Å²) in [5.74, 6) is -1.21. The number of nitro groups is 1. The summed E-state index contributed by atoms with van der Waals surface area (Å²) in [5, 5.41) is 27.7. The zero-order valence-corrected chi connectivity index (χ0v) is 10.5. The van der Waals surface area contributed by atoms with Crippen molar-refractivity contribution in [2.24, 2.45) is 7.05 Å². The molecule has 9 heteroatoms. The Morgan fingerprint density at radius 3 is 2.79 bits per heavy atom. The maximum atomic E-state index is 11.0. The van der Waals surface area contributed by atoms with Gasteiger partial charge >= 0.3 is 5.97 Å². The Morgan fingerprint density at radius 1 is 1.53 bits per heavy atom. The molecule has 0 atom stereocenters. The molecule has 0 saturated carbocycles. The lowest BCUT2D eigenvalue weighted by atomic mass is 10.2. The summed E-state index contributed by atoms with van der Waals surface area (Å²) in [6.07, 6.45) is 1.47. The zero-order valence-electron chi connectivity index (χ0n) is 9.68. The van der Waals surface area contributed by atoms with E-state index in [2.05, 4.69) is 10.2 Å². The second-order valence-electron chi connectivity index (χ2n) is 3.57. The second-order valence-corrected chi connectivity index (χ2v) is 4.58. The number of benzene rings is 1. The Labute approximate surface area is 111 Å². The Bertz CT molecular complexity index is 655. The smallest absolute Gasteiger partial charge is 0.335 e. The molecule has 0 bridgehead atoms. The van der Waals surface area contributed by atoms with Crippen LogP contribution in [-0.2, 0) is 7.05 Å². The summed E-state index contributed by atoms with van der Waals surface area (Å²) in [4.78, 5) is 21.5. The molecule has 0 amide bonds. The first-order valence-electron chi connectivity index (χ1n) is 5.02. The average molecular weight is 280 g/mol. The van der Waals surface area contributed by atoms with Crippen molar-refractivity contribution in [1.29, 1.82) is 0 Å². The molecule has 2 rings (SSSR count).